The van der Waals surface area contributed by atoms with Crippen molar-refractivity contribution in [3.8, 4) is 5.75 Å². The smallest absolute Gasteiger partial charge is 0.416 e. The molecule has 1 amide bonds. The number of nitrogens with two attached hydrogens (primary N) is 1. The van der Waals surface area contributed by atoms with E-state index >= 15 is 0 Å². The van der Waals surface area contributed by atoms with Gasteiger partial charge in [0.1, 0.15) is 17.8 Å². The Bertz CT molecular complexity index is 1530. The second kappa shape index (κ2) is 10.1. The summed E-state index contributed by atoms with van der Waals surface area (Å²) < 4.78 is 39.9. The fourth-order valence-corrected chi connectivity index (χ4v) is 8.95. The second-order valence-electron chi connectivity index (χ2n) is 13.3. The molecule has 0 aliphatic heterocycles. The maximum Gasteiger partial charge on any atom is 0.416 e. The fraction of sp³-hybridized carbons (Fsp3) is 0.531. The number of alkyl halides is 3. The highest BCUT2D eigenvalue weighted by atomic mass is 19.4. The van der Waals surface area contributed by atoms with E-state index in [0.717, 1.165) is 12.1 Å². The van der Waals surface area contributed by atoms with Crippen LogP contribution >= 0.6 is 0 Å². The van der Waals surface area contributed by atoms with Gasteiger partial charge in [0.15, 0.2) is 17.2 Å². The molecule has 2 fully saturated rings. The van der Waals surface area contributed by atoms with Gasteiger partial charge in [-0.1, -0.05) is 52.0 Å². The third kappa shape index (κ3) is 3.97. The van der Waals surface area contributed by atoms with E-state index in [2.05, 4.69) is 0 Å². The number of aromatic hydroxyl groups is 1. The van der Waals surface area contributed by atoms with Crippen molar-refractivity contribution >= 4 is 17.5 Å². The number of phenols is 1. The quantitative estimate of drug-likeness (QED) is 0.283. The molecular weight excluding hydrogens is 583 g/mol. The number of hydrogen-bond donors (Lipinski definition) is 6. The maximum atomic E-state index is 14.2. The van der Waals surface area contributed by atoms with Crippen LogP contribution in [0.3, 0.4) is 0 Å². The molecular formula is C32H36F3NO8. The molecule has 0 bridgehead atoms. The standard InChI is InChI=1S/C32H36F3NO8/c1-13(2)21-24(39)20(27(36)42)25(40)31(44)26(41)22-23(38)19-16(6-5-7-18(19)37)17(29(22,3)28(43)30(21,31)4)12-14-8-10-15(11-9-14)32(33,34)35/h5-11,13,17,20-22,24,26,28,37,39,41,43-44H,12H2,1-4H3,(H2,36,42)/t17-,20-,21+,22-,24?,26?,28-,29+,30+,31+/m1/s1. The summed E-state index contributed by atoms with van der Waals surface area (Å²) >= 11 is 0. The van der Waals surface area contributed by atoms with E-state index in [1.807, 2.05) is 0 Å². The summed E-state index contributed by atoms with van der Waals surface area (Å²) in [4.78, 5) is 40.5. The first kappa shape index (κ1) is 32.1. The molecule has 238 valence electrons. The molecule has 0 saturated heterocycles. The maximum absolute atomic E-state index is 14.2. The van der Waals surface area contributed by atoms with Crippen molar-refractivity contribution in [3.05, 3.63) is 64.7 Å². The number of benzene rings is 2. The van der Waals surface area contributed by atoms with E-state index in [9.17, 15) is 53.1 Å². The van der Waals surface area contributed by atoms with Crippen LogP contribution in [0.4, 0.5) is 13.2 Å². The molecule has 12 heteroatoms. The summed E-state index contributed by atoms with van der Waals surface area (Å²) in [6.45, 7) is 6.09. The summed E-state index contributed by atoms with van der Waals surface area (Å²) in [5.74, 6) is -10.3. The number of phenolic OH excluding ortho intramolecular Hbond substituents is 1. The Morgan fingerprint density at radius 1 is 1.02 bits per heavy atom. The molecule has 10 atom stereocenters. The van der Waals surface area contributed by atoms with Gasteiger partial charge >= 0.3 is 6.18 Å². The average molecular weight is 620 g/mol. The third-order valence-electron chi connectivity index (χ3n) is 10.9. The Labute approximate surface area is 251 Å². The lowest BCUT2D eigenvalue weighted by Crippen LogP contribution is -2.83. The molecule has 7 N–H and O–H groups in total. The van der Waals surface area contributed by atoms with E-state index in [4.69, 9.17) is 5.73 Å². The van der Waals surface area contributed by atoms with Crippen LogP contribution in [-0.4, -0.2) is 66.9 Å². The van der Waals surface area contributed by atoms with Crippen LogP contribution < -0.4 is 5.73 Å². The number of aliphatic hydroxyl groups is 4. The number of fused-ring (bicyclic) bond motifs is 3. The largest absolute Gasteiger partial charge is 0.507 e. The molecule has 2 aromatic carbocycles. The number of Topliss-reactive ketones (excluding diaryl/α,β-unsaturated/α-hetero) is 2. The number of hydrogen-bond acceptors (Lipinski definition) is 8. The molecule has 0 spiro atoms. The monoisotopic (exact) mass is 619 g/mol. The van der Waals surface area contributed by atoms with Crippen molar-refractivity contribution in [1.82, 2.24) is 0 Å². The number of amides is 1. The van der Waals surface area contributed by atoms with Crippen molar-refractivity contribution < 1.29 is 53.1 Å². The molecule has 5 rings (SSSR count). The van der Waals surface area contributed by atoms with Crippen molar-refractivity contribution in [2.45, 2.75) is 70.1 Å². The lowest BCUT2D eigenvalue weighted by molar-refractivity contribution is -0.307. The Balaban J connectivity index is 1.78. The van der Waals surface area contributed by atoms with E-state index in [1.54, 1.807) is 13.8 Å². The SMILES string of the molecule is CC(C)[C@H]1C(O)[C@@H](C(N)=O)C(=O)[C@]2(O)C(O)[C@H]3C(=O)c4c(O)cccc4[C@@H](Cc4ccc(C(F)(F)F)cc4)[C@]3(C)[C@@H](O)[C@]12C. The molecule has 2 unspecified atom stereocenters. The molecule has 3 aliphatic rings. The van der Waals surface area contributed by atoms with E-state index in [0.29, 0.717) is 5.56 Å². The highest BCUT2D eigenvalue weighted by molar-refractivity contribution is 6.09. The van der Waals surface area contributed by atoms with Crippen LogP contribution in [0, 0.1) is 34.5 Å². The number of carbonyl (C=O) groups is 3. The summed E-state index contributed by atoms with van der Waals surface area (Å²) in [6.07, 6.45) is -10.5. The number of aliphatic hydroxyl groups excluding tert-OH is 3. The van der Waals surface area contributed by atoms with Gasteiger partial charge in [0.25, 0.3) is 0 Å². The van der Waals surface area contributed by atoms with Gasteiger partial charge in [-0.3, -0.25) is 14.4 Å². The predicted molar refractivity (Wildman–Crippen MR) is 149 cm³/mol. The van der Waals surface area contributed by atoms with Crippen LogP contribution in [0.1, 0.15) is 60.7 Å². The average Bonchev–Trinajstić information content (AvgIpc) is 2.92. The van der Waals surface area contributed by atoms with Crippen LogP contribution in [0.5, 0.6) is 5.75 Å². The molecule has 44 heavy (non-hydrogen) atoms. The van der Waals surface area contributed by atoms with E-state index in [-0.39, 0.29) is 17.5 Å². The zero-order valence-corrected chi connectivity index (χ0v) is 24.5. The van der Waals surface area contributed by atoms with Gasteiger partial charge in [-0.15, -0.1) is 0 Å². The van der Waals surface area contributed by atoms with Gasteiger partial charge in [-0.25, -0.2) is 0 Å². The molecule has 2 saturated carbocycles. The number of carbonyl (C=O) groups excluding carboxylic acids is 3. The molecule has 0 aromatic heterocycles. The van der Waals surface area contributed by atoms with Gasteiger partial charge < -0.3 is 31.3 Å². The third-order valence-corrected chi connectivity index (χ3v) is 10.9. The summed E-state index contributed by atoms with van der Waals surface area (Å²) in [5, 5.41) is 59.0. The minimum Gasteiger partial charge on any atom is -0.507 e. The first-order valence-corrected chi connectivity index (χ1v) is 14.4. The van der Waals surface area contributed by atoms with Gasteiger partial charge in [-0.2, -0.15) is 13.2 Å². The van der Waals surface area contributed by atoms with Crippen LogP contribution in [0.2, 0.25) is 0 Å². The van der Waals surface area contributed by atoms with Crippen molar-refractivity contribution in [3.63, 3.8) is 0 Å². The van der Waals surface area contributed by atoms with Crippen molar-refractivity contribution in [1.29, 1.82) is 0 Å². The Morgan fingerprint density at radius 3 is 2.14 bits per heavy atom. The fourth-order valence-electron chi connectivity index (χ4n) is 8.95. The molecule has 0 heterocycles. The minimum atomic E-state index is -4.59. The van der Waals surface area contributed by atoms with Crippen molar-refractivity contribution in [2.24, 2.45) is 40.2 Å². The first-order chi connectivity index (χ1) is 20.3. The first-order valence-electron chi connectivity index (χ1n) is 14.4. The lowest BCUT2D eigenvalue weighted by Gasteiger charge is -2.69. The van der Waals surface area contributed by atoms with Crippen LogP contribution in [-0.2, 0) is 22.2 Å². The highest BCUT2D eigenvalue weighted by Crippen LogP contribution is 2.68. The molecule has 0 radical (unpaired) electrons. The highest BCUT2D eigenvalue weighted by Gasteiger charge is 2.80. The normalized spacial score (nSPS) is 38.6. The Hall–Kier alpha value is -3.32. The molecule has 2 aromatic rings. The minimum absolute atomic E-state index is 0.0695. The number of halogens is 3. The van der Waals surface area contributed by atoms with Gasteiger partial charge in [0, 0.05) is 10.8 Å². The zero-order valence-electron chi connectivity index (χ0n) is 24.5. The number of rotatable bonds is 4. The lowest BCUT2D eigenvalue weighted by atomic mass is 9.36. The van der Waals surface area contributed by atoms with Gasteiger partial charge in [0.05, 0.1) is 29.3 Å². The van der Waals surface area contributed by atoms with Gasteiger partial charge in [0.2, 0.25) is 5.91 Å². The van der Waals surface area contributed by atoms with Gasteiger partial charge in [-0.05, 0) is 53.5 Å². The zero-order chi connectivity index (χ0) is 32.9. The van der Waals surface area contributed by atoms with E-state index in [1.165, 1.54) is 44.2 Å². The summed E-state index contributed by atoms with van der Waals surface area (Å²) in [6, 6.07) is 8.55. The van der Waals surface area contributed by atoms with Crippen LogP contribution in [0.25, 0.3) is 0 Å². The molecule has 9 nitrogen and oxygen atoms in total. The Kier molecular flexibility index (Phi) is 7.36. The summed E-state index contributed by atoms with van der Waals surface area (Å²) in [7, 11) is 0. The second-order valence-corrected chi connectivity index (χ2v) is 13.3. The van der Waals surface area contributed by atoms with Crippen molar-refractivity contribution in [2.75, 3.05) is 0 Å². The topological polar surface area (TPSA) is 178 Å². The number of primary amides is 1. The molecule has 3 aliphatic carbocycles. The summed E-state index contributed by atoms with van der Waals surface area (Å²) in [5.41, 5.74) is -1.69. The van der Waals surface area contributed by atoms with E-state index < -0.39 is 99.3 Å². The van der Waals surface area contributed by atoms with Crippen LogP contribution in [0.15, 0.2) is 42.5 Å². The Morgan fingerprint density at radius 2 is 1.61 bits per heavy atom. The predicted octanol–water partition coefficient (Wildman–Crippen LogP) is 2.35. The number of ketones is 2.